The molecule has 2 rings (SSSR count). The molecule has 0 bridgehead atoms. The fourth-order valence-corrected chi connectivity index (χ4v) is 2.75. The summed E-state index contributed by atoms with van der Waals surface area (Å²) in [6, 6.07) is 8.32. The Labute approximate surface area is 121 Å². The molecule has 1 aromatic carbocycles. The molecule has 0 aromatic heterocycles. The summed E-state index contributed by atoms with van der Waals surface area (Å²) >= 11 is 0. The van der Waals surface area contributed by atoms with Crippen molar-refractivity contribution in [2.24, 2.45) is 5.73 Å². The smallest absolute Gasteiger partial charge is 0.240 e. The van der Waals surface area contributed by atoms with Crippen molar-refractivity contribution in [3.63, 3.8) is 0 Å². The standard InChI is InChI=1S/C16H25N3O/c1-2-10-18-12-13-6-8-14(9-7-13)19-11-4-3-5-15(19)16(17)20/h6-9,15,18H,2-5,10-12H2,1H3,(H2,17,20). The van der Waals surface area contributed by atoms with Crippen molar-refractivity contribution in [3.05, 3.63) is 29.8 Å². The third kappa shape index (κ3) is 3.73. The fourth-order valence-electron chi connectivity index (χ4n) is 2.75. The van der Waals surface area contributed by atoms with Crippen molar-refractivity contribution in [1.82, 2.24) is 5.32 Å². The van der Waals surface area contributed by atoms with Crippen molar-refractivity contribution in [2.75, 3.05) is 18.0 Å². The van der Waals surface area contributed by atoms with Gasteiger partial charge in [0.2, 0.25) is 5.91 Å². The average Bonchev–Trinajstić information content (AvgIpc) is 2.48. The number of piperidine rings is 1. The lowest BCUT2D eigenvalue weighted by molar-refractivity contribution is -0.119. The summed E-state index contributed by atoms with van der Waals surface area (Å²) in [6.07, 6.45) is 4.23. The molecule has 1 aliphatic heterocycles. The number of amides is 1. The van der Waals surface area contributed by atoms with E-state index in [1.54, 1.807) is 0 Å². The molecule has 1 amide bonds. The van der Waals surface area contributed by atoms with Crippen LogP contribution in [0.5, 0.6) is 0 Å². The predicted octanol–water partition coefficient (Wildman–Crippen LogP) is 2.03. The van der Waals surface area contributed by atoms with Gasteiger partial charge in [-0.1, -0.05) is 19.1 Å². The molecule has 1 unspecified atom stereocenters. The molecule has 110 valence electrons. The second-order valence-corrected chi connectivity index (χ2v) is 5.45. The SMILES string of the molecule is CCCNCc1ccc(N2CCCCC2C(N)=O)cc1. The van der Waals surface area contributed by atoms with E-state index in [9.17, 15) is 4.79 Å². The Morgan fingerprint density at radius 3 is 2.75 bits per heavy atom. The molecule has 1 fully saturated rings. The van der Waals surface area contributed by atoms with Crippen LogP contribution in [-0.2, 0) is 11.3 Å². The number of carbonyl (C=O) groups excluding carboxylic acids is 1. The Balaban J connectivity index is 2.02. The van der Waals surface area contributed by atoms with Crippen LogP contribution in [0.1, 0.15) is 38.2 Å². The van der Waals surface area contributed by atoms with E-state index < -0.39 is 0 Å². The Morgan fingerprint density at radius 2 is 2.10 bits per heavy atom. The molecule has 4 nitrogen and oxygen atoms in total. The maximum atomic E-state index is 11.5. The minimum Gasteiger partial charge on any atom is -0.368 e. The second kappa shape index (κ2) is 7.29. The Bertz CT molecular complexity index is 430. The first-order valence-corrected chi connectivity index (χ1v) is 7.58. The van der Waals surface area contributed by atoms with Crippen molar-refractivity contribution in [2.45, 2.75) is 45.2 Å². The van der Waals surface area contributed by atoms with Gasteiger partial charge in [0.15, 0.2) is 0 Å². The van der Waals surface area contributed by atoms with Gasteiger partial charge in [0.05, 0.1) is 0 Å². The molecule has 20 heavy (non-hydrogen) atoms. The third-order valence-corrected chi connectivity index (χ3v) is 3.86. The number of nitrogens with zero attached hydrogens (tertiary/aromatic N) is 1. The largest absolute Gasteiger partial charge is 0.368 e. The molecule has 1 atom stereocenters. The Hall–Kier alpha value is -1.55. The quantitative estimate of drug-likeness (QED) is 0.781. The van der Waals surface area contributed by atoms with Gasteiger partial charge in [-0.25, -0.2) is 0 Å². The number of nitrogens with two attached hydrogens (primary N) is 1. The zero-order valence-electron chi connectivity index (χ0n) is 12.3. The van der Waals surface area contributed by atoms with Crippen LogP contribution >= 0.6 is 0 Å². The molecule has 3 N–H and O–H groups in total. The van der Waals surface area contributed by atoms with Crippen molar-refractivity contribution in [3.8, 4) is 0 Å². The normalized spacial score (nSPS) is 19.1. The van der Waals surface area contributed by atoms with E-state index in [2.05, 4.69) is 41.4 Å². The van der Waals surface area contributed by atoms with E-state index in [0.717, 1.165) is 51.0 Å². The number of primary amides is 1. The third-order valence-electron chi connectivity index (χ3n) is 3.86. The van der Waals surface area contributed by atoms with E-state index in [1.807, 2.05) is 0 Å². The molecule has 0 radical (unpaired) electrons. The first-order chi connectivity index (χ1) is 9.72. The van der Waals surface area contributed by atoms with Gasteiger partial charge < -0.3 is 16.0 Å². The predicted molar refractivity (Wildman–Crippen MR) is 82.6 cm³/mol. The van der Waals surface area contributed by atoms with Gasteiger partial charge in [-0.05, 0) is 49.9 Å². The number of carbonyl (C=O) groups is 1. The Morgan fingerprint density at radius 1 is 1.35 bits per heavy atom. The molecular formula is C16H25N3O. The van der Waals surface area contributed by atoms with Gasteiger partial charge in [-0.3, -0.25) is 4.79 Å². The first kappa shape index (κ1) is 14.9. The highest BCUT2D eigenvalue weighted by Gasteiger charge is 2.26. The fraction of sp³-hybridized carbons (Fsp3) is 0.562. The summed E-state index contributed by atoms with van der Waals surface area (Å²) in [7, 11) is 0. The molecule has 0 spiro atoms. The highest BCUT2D eigenvalue weighted by molar-refractivity contribution is 5.83. The summed E-state index contributed by atoms with van der Waals surface area (Å²) < 4.78 is 0. The molecule has 4 heteroatoms. The van der Waals surface area contributed by atoms with Gasteiger partial charge in [0.1, 0.15) is 6.04 Å². The van der Waals surface area contributed by atoms with E-state index in [1.165, 1.54) is 5.56 Å². The lowest BCUT2D eigenvalue weighted by Crippen LogP contribution is -2.47. The van der Waals surface area contributed by atoms with E-state index in [0.29, 0.717) is 0 Å². The van der Waals surface area contributed by atoms with Crippen molar-refractivity contribution in [1.29, 1.82) is 0 Å². The van der Waals surface area contributed by atoms with Gasteiger partial charge in [-0.15, -0.1) is 0 Å². The molecule has 1 saturated heterocycles. The number of hydrogen-bond donors (Lipinski definition) is 2. The topological polar surface area (TPSA) is 58.4 Å². The molecule has 1 aliphatic rings. The highest BCUT2D eigenvalue weighted by atomic mass is 16.1. The van der Waals surface area contributed by atoms with Gasteiger partial charge in [0, 0.05) is 18.8 Å². The molecule has 1 aromatic rings. The van der Waals surface area contributed by atoms with Gasteiger partial charge >= 0.3 is 0 Å². The first-order valence-electron chi connectivity index (χ1n) is 7.58. The van der Waals surface area contributed by atoms with Crippen LogP contribution in [0.4, 0.5) is 5.69 Å². The van der Waals surface area contributed by atoms with Crippen molar-refractivity contribution < 1.29 is 4.79 Å². The van der Waals surface area contributed by atoms with Crippen LogP contribution in [-0.4, -0.2) is 25.0 Å². The van der Waals surface area contributed by atoms with Crippen LogP contribution in [0.25, 0.3) is 0 Å². The summed E-state index contributed by atoms with van der Waals surface area (Å²) in [4.78, 5) is 13.7. The minimum atomic E-state index is -0.210. The summed E-state index contributed by atoms with van der Waals surface area (Å²) in [6.45, 7) is 5.02. The number of benzene rings is 1. The summed E-state index contributed by atoms with van der Waals surface area (Å²) in [5, 5.41) is 3.39. The molecule has 0 saturated carbocycles. The van der Waals surface area contributed by atoms with Crippen LogP contribution in [0.2, 0.25) is 0 Å². The van der Waals surface area contributed by atoms with Gasteiger partial charge in [-0.2, -0.15) is 0 Å². The van der Waals surface area contributed by atoms with Gasteiger partial charge in [0.25, 0.3) is 0 Å². The number of nitrogens with one attached hydrogen (secondary N) is 1. The Kier molecular flexibility index (Phi) is 5.41. The van der Waals surface area contributed by atoms with Crippen molar-refractivity contribution >= 4 is 11.6 Å². The highest BCUT2D eigenvalue weighted by Crippen LogP contribution is 2.25. The van der Waals surface area contributed by atoms with E-state index in [4.69, 9.17) is 5.73 Å². The maximum Gasteiger partial charge on any atom is 0.240 e. The number of rotatable bonds is 6. The van der Waals surface area contributed by atoms with E-state index >= 15 is 0 Å². The summed E-state index contributed by atoms with van der Waals surface area (Å²) in [5.41, 5.74) is 7.89. The van der Waals surface area contributed by atoms with Crippen LogP contribution < -0.4 is 16.0 Å². The summed E-state index contributed by atoms with van der Waals surface area (Å²) in [5.74, 6) is -0.210. The lowest BCUT2D eigenvalue weighted by Gasteiger charge is -2.35. The number of hydrogen-bond acceptors (Lipinski definition) is 3. The monoisotopic (exact) mass is 275 g/mol. The molecule has 1 heterocycles. The minimum absolute atomic E-state index is 0.146. The zero-order valence-corrected chi connectivity index (χ0v) is 12.3. The van der Waals surface area contributed by atoms with E-state index in [-0.39, 0.29) is 11.9 Å². The van der Waals surface area contributed by atoms with Crippen LogP contribution in [0, 0.1) is 0 Å². The average molecular weight is 275 g/mol. The molecular weight excluding hydrogens is 250 g/mol. The van der Waals surface area contributed by atoms with Crippen LogP contribution in [0.15, 0.2) is 24.3 Å². The molecule has 0 aliphatic carbocycles. The number of anilines is 1. The maximum absolute atomic E-state index is 11.5. The van der Waals surface area contributed by atoms with Crippen LogP contribution in [0.3, 0.4) is 0 Å². The lowest BCUT2D eigenvalue weighted by atomic mass is 10.0. The zero-order chi connectivity index (χ0) is 14.4. The second-order valence-electron chi connectivity index (χ2n) is 5.45.